The van der Waals surface area contributed by atoms with E-state index in [-0.39, 0.29) is 23.6 Å². The first-order valence-electron chi connectivity index (χ1n) is 5.76. The normalized spacial score (nSPS) is 17.4. The molecule has 0 spiro atoms. The standard InChI is InChI=1S/C11H17N3O3/c1-7(2)9-8(10(16)17)12-13-14(9)5-11(6-15)3-4-11/h7,15H,3-6H2,1-2H3,(H,16,17). The third-order valence-corrected chi connectivity index (χ3v) is 3.30. The summed E-state index contributed by atoms with van der Waals surface area (Å²) in [6.45, 7) is 4.50. The first kappa shape index (κ1) is 12.0. The lowest BCUT2D eigenvalue weighted by atomic mass is 10.1. The number of carboxylic acids is 1. The predicted molar refractivity (Wildman–Crippen MR) is 59.8 cm³/mol. The van der Waals surface area contributed by atoms with Crippen LogP contribution in [0.2, 0.25) is 0 Å². The Morgan fingerprint density at radius 2 is 2.18 bits per heavy atom. The molecule has 1 aliphatic rings. The van der Waals surface area contributed by atoms with Crippen molar-refractivity contribution >= 4 is 5.97 Å². The van der Waals surface area contributed by atoms with E-state index >= 15 is 0 Å². The molecule has 0 amide bonds. The van der Waals surface area contributed by atoms with Crippen LogP contribution in [0.25, 0.3) is 0 Å². The van der Waals surface area contributed by atoms with Crippen LogP contribution in [0, 0.1) is 5.41 Å². The van der Waals surface area contributed by atoms with Crippen LogP contribution in [0.1, 0.15) is 48.8 Å². The number of hydrogen-bond donors (Lipinski definition) is 2. The Morgan fingerprint density at radius 3 is 2.59 bits per heavy atom. The van der Waals surface area contributed by atoms with Crippen LogP contribution < -0.4 is 0 Å². The molecule has 0 aliphatic heterocycles. The third kappa shape index (κ3) is 2.17. The van der Waals surface area contributed by atoms with Gasteiger partial charge in [-0.2, -0.15) is 0 Å². The van der Waals surface area contributed by atoms with E-state index in [1.54, 1.807) is 4.68 Å². The molecule has 0 aromatic carbocycles. The second-order valence-electron chi connectivity index (χ2n) is 5.10. The van der Waals surface area contributed by atoms with E-state index < -0.39 is 5.97 Å². The Kier molecular flexibility index (Phi) is 2.91. The molecular formula is C11H17N3O3. The molecule has 0 unspecified atom stereocenters. The van der Waals surface area contributed by atoms with Gasteiger partial charge in [0, 0.05) is 5.41 Å². The van der Waals surface area contributed by atoms with Crippen molar-refractivity contribution in [3.05, 3.63) is 11.4 Å². The van der Waals surface area contributed by atoms with Gasteiger partial charge in [-0.15, -0.1) is 5.10 Å². The summed E-state index contributed by atoms with van der Waals surface area (Å²) in [6, 6.07) is 0. The minimum absolute atomic E-state index is 0.0220. The topological polar surface area (TPSA) is 88.2 Å². The summed E-state index contributed by atoms with van der Waals surface area (Å²) in [7, 11) is 0. The van der Waals surface area contributed by atoms with E-state index in [2.05, 4.69) is 10.3 Å². The van der Waals surface area contributed by atoms with E-state index in [0.29, 0.717) is 12.2 Å². The molecule has 0 atom stereocenters. The summed E-state index contributed by atoms with van der Waals surface area (Å²) >= 11 is 0. The lowest BCUT2D eigenvalue weighted by Gasteiger charge is -2.15. The number of rotatable bonds is 5. The quantitative estimate of drug-likeness (QED) is 0.796. The number of aromatic nitrogens is 3. The smallest absolute Gasteiger partial charge is 0.358 e. The number of carbonyl (C=O) groups is 1. The van der Waals surface area contributed by atoms with E-state index in [1.165, 1.54) is 0 Å². The van der Waals surface area contributed by atoms with Crippen molar-refractivity contribution in [1.29, 1.82) is 0 Å². The van der Waals surface area contributed by atoms with E-state index in [0.717, 1.165) is 12.8 Å². The average Bonchev–Trinajstić information content (AvgIpc) is 2.89. The van der Waals surface area contributed by atoms with Crippen molar-refractivity contribution in [3.8, 4) is 0 Å². The highest BCUT2D eigenvalue weighted by atomic mass is 16.4. The van der Waals surface area contributed by atoms with E-state index in [4.69, 9.17) is 5.11 Å². The number of nitrogens with zero attached hydrogens (tertiary/aromatic N) is 3. The number of carboxylic acid groups (broad SMARTS) is 1. The summed E-state index contributed by atoms with van der Waals surface area (Å²) in [5.74, 6) is -1.00. The van der Waals surface area contributed by atoms with Gasteiger partial charge in [0.1, 0.15) is 0 Å². The Labute approximate surface area is 99.3 Å². The zero-order valence-corrected chi connectivity index (χ0v) is 10.1. The molecule has 6 nitrogen and oxygen atoms in total. The van der Waals surface area contributed by atoms with E-state index in [9.17, 15) is 9.90 Å². The highest BCUT2D eigenvalue weighted by Crippen LogP contribution is 2.46. The van der Waals surface area contributed by atoms with Crippen molar-refractivity contribution < 1.29 is 15.0 Å². The van der Waals surface area contributed by atoms with E-state index in [1.807, 2.05) is 13.8 Å². The summed E-state index contributed by atoms with van der Waals surface area (Å²) in [6.07, 6.45) is 1.92. The van der Waals surface area contributed by atoms with Gasteiger partial charge < -0.3 is 10.2 Å². The number of aliphatic hydroxyl groups excluding tert-OH is 1. The van der Waals surface area contributed by atoms with Gasteiger partial charge in [-0.3, -0.25) is 0 Å². The van der Waals surface area contributed by atoms with Gasteiger partial charge in [0.25, 0.3) is 0 Å². The molecule has 1 aromatic heterocycles. The van der Waals surface area contributed by atoms with Gasteiger partial charge in [0.2, 0.25) is 0 Å². The van der Waals surface area contributed by atoms with Gasteiger partial charge in [0.05, 0.1) is 18.8 Å². The second kappa shape index (κ2) is 4.10. The maximum atomic E-state index is 11.0. The minimum Gasteiger partial charge on any atom is -0.476 e. The van der Waals surface area contributed by atoms with Gasteiger partial charge >= 0.3 is 5.97 Å². The SMILES string of the molecule is CC(C)c1c(C(=O)O)nnn1CC1(CO)CC1. The largest absolute Gasteiger partial charge is 0.476 e. The molecule has 2 rings (SSSR count). The van der Waals surface area contributed by atoms with Crippen LogP contribution in [-0.4, -0.2) is 37.8 Å². The fraction of sp³-hybridized carbons (Fsp3) is 0.727. The predicted octanol–water partition coefficient (Wildman–Crippen LogP) is 0.872. The summed E-state index contributed by atoms with van der Waals surface area (Å²) < 4.78 is 1.64. The van der Waals surface area contributed by atoms with Crippen LogP contribution in [-0.2, 0) is 6.54 Å². The third-order valence-electron chi connectivity index (χ3n) is 3.30. The molecule has 1 fully saturated rings. The molecule has 0 radical (unpaired) electrons. The lowest BCUT2D eigenvalue weighted by Crippen LogP contribution is -2.19. The average molecular weight is 239 g/mol. The molecule has 0 saturated heterocycles. The first-order chi connectivity index (χ1) is 7.99. The molecular weight excluding hydrogens is 222 g/mol. The molecule has 1 saturated carbocycles. The van der Waals surface area contributed by atoms with Crippen LogP contribution in [0.3, 0.4) is 0 Å². The van der Waals surface area contributed by atoms with Crippen LogP contribution in [0.5, 0.6) is 0 Å². The highest BCUT2D eigenvalue weighted by molar-refractivity contribution is 5.86. The second-order valence-corrected chi connectivity index (χ2v) is 5.10. The maximum Gasteiger partial charge on any atom is 0.358 e. The summed E-state index contributed by atoms with van der Waals surface area (Å²) in [4.78, 5) is 11.0. The molecule has 1 heterocycles. The van der Waals surface area contributed by atoms with Crippen molar-refractivity contribution in [2.24, 2.45) is 5.41 Å². The van der Waals surface area contributed by atoms with Crippen molar-refractivity contribution in [1.82, 2.24) is 15.0 Å². The fourth-order valence-electron chi connectivity index (χ4n) is 2.02. The molecule has 17 heavy (non-hydrogen) atoms. The lowest BCUT2D eigenvalue weighted by molar-refractivity contribution is 0.0688. The van der Waals surface area contributed by atoms with Gasteiger partial charge in [-0.1, -0.05) is 19.1 Å². The Morgan fingerprint density at radius 1 is 1.53 bits per heavy atom. The van der Waals surface area contributed by atoms with Gasteiger partial charge in [-0.25, -0.2) is 9.48 Å². The molecule has 2 N–H and O–H groups in total. The molecule has 94 valence electrons. The summed E-state index contributed by atoms with van der Waals surface area (Å²) in [5, 5.41) is 25.9. The first-order valence-corrected chi connectivity index (χ1v) is 5.76. The van der Waals surface area contributed by atoms with Gasteiger partial charge in [0.15, 0.2) is 5.69 Å². The van der Waals surface area contributed by atoms with Crippen molar-refractivity contribution in [3.63, 3.8) is 0 Å². The zero-order chi connectivity index (χ0) is 12.6. The van der Waals surface area contributed by atoms with Crippen LogP contribution in [0.4, 0.5) is 0 Å². The zero-order valence-electron chi connectivity index (χ0n) is 10.1. The number of hydrogen-bond acceptors (Lipinski definition) is 4. The van der Waals surface area contributed by atoms with Crippen LogP contribution in [0.15, 0.2) is 0 Å². The Balaban J connectivity index is 2.31. The fourth-order valence-corrected chi connectivity index (χ4v) is 2.02. The van der Waals surface area contributed by atoms with Crippen LogP contribution >= 0.6 is 0 Å². The highest BCUT2D eigenvalue weighted by Gasteiger charge is 2.43. The molecule has 6 heteroatoms. The molecule has 0 bridgehead atoms. The molecule has 1 aromatic rings. The molecule has 1 aliphatic carbocycles. The summed E-state index contributed by atoms with van der Waals surface area (Å²) in [5.41, 5.74) is 0.554. The maximum absolute atomic E-state index is 11.0. The Hall–Kier alpha value is -1.43. The minimum atomic E-state index is -1.05. The number of aromatic carboxylic acids is 1. The van der Waals surface area contributed by atoms with Crippen molar-refractivity contribution in [2.45, 2.75) is 39.2 Å². The van der Waals surface area contributed by atoms with Crippen molar-refractivity contribution in [2.75, 3.05) is 6.61 Å². The van der Waals surface area contributed by atoms with Gasteiger partial charge in [-0.05, 0) is 18.8 Å². The Bertz CT molecular complexity index is 435. The monoisotopic (exact) mass is 239 g/mol. The number of aliphatic hydroxyl groups is 1.